The topological polar surface area (TPSA) is 537 Å². The van der Waals surface area contributed by atoms with Crippen LogP contribution in [0.15, 0.2) is 140 Å². The van der Waals surface area contributed by atoms with E-state index in [2.05, 4.69) is 63.8 Å². The van der Waals surface area contributed by atoms with Crippen molar-refractivity contribution in [2.45, 2.75) is 185 Å². The Balaban J connectivity index is 1.28. The maximum Gasteiger partial charge on any atom is 0.326 e. The number of aliphatic carboxylic acids is 2. The highest BCUT2D eigenvalue weighted by molar-refractivity contribution is 6.00. The third-order valence-electron chi connectivity index (χ3n) is 17.8. The third kappa shape index (κ3) is 33.7. The highest BCUT2D eigenvalue weighted by Crippen LogP contribution is 2.18. The summed E-state index contributed by atoms with van der Waals surface area (Å²) in [5.74, 6) is -14.8. The molecule has 11 atom stereocenters. The first kappa shape index (κ1) is 91.8. The fourth-order valence-corrected chi connectivity index (χ4v) is 11.9. The number of carbonyl (C=O) groups excluding carboxylic acids is 12. The summed E-state index contributed by atoms with van der Waals surface area (Å²) in [6.07, 6.45) is -0.966. The molecule has 5 rings (SSSR count). The number of amides is 12. The van der Waals surface area contributed by atoms with E-state index in [9.17, 15) is 92.7 Å². The van der Waals surface area contributed by atoms with Crippen molar-refractivity contribution >= 4 is 82.8 Å². The van der Waals surface area contributed by atoms with Crippen LogP contribution < -0.4 is 75.3 Å². The molecule has 0 aliphatic carbocycles. The van der Waals surface area contributed by atoms with Gasteiger partial charge >= 0.3 is 11.9 Å². The van der Waals surface area contributed by atoms with E-state index < -0.39 is 175 Å². The Morgan fingerprint density at radius 2 is 0.655 bits per heavy atom. The van der Waals surface area contributed by atoms with Gasteiger partial charge in [0.1, 0.15) is 71.9 Å². The van der Waals surface area contributed by atoms with Gasteiger partial charge in [-0.3, -0.25) is 62.3 Å². The monoisotopic (exact) mass is 1570 g/mol. The van der Waals surface area contributed by atoms with Gasteiger partial charge in [0.2, 0.25) is 70.9 Å². The van der Waals surface area contributed by atoms with Crippen LogP contribution in [0.25, 0.3) is 0 Å². The van der Waals surface area contributed by atoms with Crippen LogP contribution in [0.3, 0.4) is 0 Å². The number of unbranched alkanes of at least 4 members (excludes halogenated alkanes) is 1. The normalized spacial score (nSPS) is 14.1. The molecule has 0 aromatic heterocycles. The van der Waals surface area contributed by atoms with Crippen molar-refractivity contribution in [3.05, 3.63) is 167 Å². The molecule has 0 aliphatic heterocycles. The highest BCUT2D eigenvalue weighted by atomic mass is 16.4. The molecule has 5 aromatic carbocycles. The zero-order valence-corrected chi connectivity index (χ0v) is 64.3. The number of phenols is 2. The molecule has 0 saturated carbocycles. The lowest BCUT2D eigenvalue weighted by atomic mass is 9.99. The average molecular weight is 1570 g/mol. The molecular formula is C80H108N14O19. The van der Waals surface area contributed by atoms with Gasteiger partial charge in [0.15, 0.2) is 0 Å². The lowest BCUT2D eigenvalue weighted by Crippen LogP contribution is -2.61. The number of nitrogens with one attached hydrogen (secondary N) is 12. The molecule has 12 amide bonds. The van der Waals surface area contributed by atoms with Crippen LogP contribution in [-0.2, 0) is 99.2 Å². The second-order valence-corrected chi connectivity index (χ2v) is 28.9. The first-order valence-corrected chi connectivity index (χ1v) is 37.5. The molecule has 21 N–H and O–H groups in total. The highest BCUT2D eigenvalue weighted by Gasteiger charge is 2.37. The molecule has 33 nitrogen and oxygen atoms in total. The number of carboxylic acids is 2. The van der Waals surface area contributed by atoms with E-state index in [4.69, 9.17) is 11.5 Å². The number of phenolic OH excluding ortho intramolecular Hbond substituents is 2. The maximum absolute atomic E-state index is 14.9. The summed E-state index contributed by atoms with van der Waals surface area (Å²) < 4.78 is 0. The number of benzene rings is 5. The number of nitrogens with two attached hydrogens (primary N) is 2. The van der Waals surface area contributed by atoms with Crippen molar-refractivity contribution in [1.82, 2.24) is 63.8 Å². The van der Waals surface area contributed by atoms with Gasteiger partial charge in [-0.15, -0.1) is 0 Å². The lowest BCUT2D eigenvalue weighted by Gasteiger charge is -2.28. The Labute approximate surface area is 655 Å². The van der Waals surface area contributed by atoms with Crippen molar-refractivity contribution in [3.8, 4) is 11.5 Å². The zero-order chi connectivity index (χ0) is 83.3. The van der Waals surface area contributed by atoms with Crippen LogP contribution in [0.4, 0.5) is 0 Å². The van der Waals surface area contributed by atoms with E-state index in [0.717, 1.165) is 0 Å². The van der Waals surface area contributed by atoms with Crippen LogP contribution >= 0.6 is 0 Å². The predicted octanol–water partition coefficient (Wildman–Crippen LogP) is -0.162. The van der Waals surface area contributed by atoms with Gasteiger partial charge in [0, 0.05) is 25.7 Å². The van der Waals surface area contributed by atoms with Gasteiger partial charge in [0.25, 0.3) is 0 Å². The number of carbonyl (C=O) groups is 14. The Morgan fingerprint density at radius 1 is 0.336 bits per heavy atom. The smallest absolute Gasteiger partial charge is 0.326 e. The van der Waals surface area contributed by atoms with E-state index in [0.29, 0.717) is 40.7 Å². The molecule has 0 radical (unpaired) electrons. The second-order valence-electron chi connectivity index (χ2n) is 28.9. The number of carboxylic acid groups (broad SMARTS) is 2. The predicted molar refractivity (Wildman–Crippen MR) is 416 cm³/mol. The Morgan fingerprint density at radius 3 is 1.04 bits per heavy atom. The summed E-state index contributed by atoms with van der Waals surface area (Å²) >= 11 is 0. The molecule has 0 unspecified atom stereocenters. The summed E-state index contributed by atoms with van der Waals surface area (Å²) in [6, 6.07) is 21.3. The quantitative estimate of drug-likeness (QED) is 0.0225. The number of aromatic hydroxyl groups is 2. The summed E-state index contributed by atoms with van der Waals surface area (Å²) in [7, 11) is 0. The van der Waals surface area contributed by atoms with E-state index in [-0.39, 0.29) is 93.6 Å². The van der Waals surface area contributed by atoms with E-state index in [1.54, 1.807) is 145 Å². The summed E-state index contributed by atoms with van der Waals surface area (Å²) in [5.41, 5.74) is 14.8. The summed E-state index contributed by atoms with van der Waals surface area (Å²) in [4.78, 5) is 193. The van der Waals surface area contributed by atoms with Crippen molar-refractivity contribution < 1.29 is 92.7 Å². The fourth-order valence-electron chi connectivity index (χ4n) is 11.9. The van der Waals surface area contributed by atoms with Crippen molar-refractivity contribution in [2.24, 2.45) is 29.2 Å². The van der Waals surface area contributed by atoms with Crippen molar-refractivity contribution in [2.75, 3.05) is 26.2 Å². The zero-order valence-electron chi connectivity index (χ0n) is 64.3. The second kappa shape index (κ2) is 47.4. The van der Waals surface area contributed by atoms with Gasteiger partial charge in [-0.05, 0) is 121 Å². The first-order chi connectivity index (χ1) is 53.7. The summed E-state index contributed by atoms with van der Waals surface area (Å²) in [5, 5.41) is 80.1. The number of aliphatic hydroxyl groups excluding tert-OH is 1. The minimum atomic E-state index is -1.84. The van der Waals surface area contributed by atoms with E-state index in [1.807, 2.05) is 0 Å². The molecule has 0 spiro atoms. The van der Waals surface area contributed by atoms with Gasteiger partial charge in [0.05, 0.1) is 32.2 Å². The SMILES string of the molecule is CC(C)C[C@H](NC(=O)[C@H](CC(C)C)NC(=O)[C@H](CC(=O)O)NC(=O)CNC(=O)CNC(=O)[C@H](Cc1ccccc1)NC(=O)[C@H](CC(C)C)NC(=O)[C@H](Cc1ccccc1)NC(=O)[C@H](CCCCN)NC(=O)[C@H](Cc1ccccc1)NC(=O)[C@H](CO)NC(=O)[C@@H](N)Cc1ccc(O)cc1)C(=O)N[C@@H](Cc1ccc(O)cc1)C(=O)O. The van der Waals surface area contributed by atoms with E-state index >= 15 is 0 Å². The minimum absolute atomic E-state index is 0.00363. The molecule has 33 heteroatoms. The maximum atomic E-state index is 14.9. The van der Waals surface area contributed by atoms with Crippen LogP contribution in [0.1, 0.15) is 114 Å². The van der Waals surface area contributed by atoms with Crippen LogP contribution in [0.5, 0.6) is 11.5 Å². The van der Waals surface area contributed by atoms with Gasteiger partial charge < -0.3 is 101 Å². The number of hydrogen-bond donors (Lipinski definition) is 19. The Bertz CT molecular complexity index is 3970. The number of rotatable bonds is 48. The Hall–Kier alpha value is -11.8. The van der Waals surface area contributed by atoms with Gasteiger partial charge in [-0.25, -0.2) is 4.79 Å². The standard InChI is InChI=1S/C80H108N14O19/c1-46(2)34-58(73(105)87-60(36-48(5)6)75(107)93-65(80(112)113)41-53-27-31-55(97)32-28-53)89-78(110)64(42-69(100)101)85-68(99)44-83-67(98)43-84-71(103)61(38-49-18-10-7-11-19-49)90-74(106)59(35-47(3)4)88-77(109)63(40-51-22-14-9-15-23-51)91-72(104)57(24-16-17-33-81)86-76(108)62(39-50-20-12-8-13-21-50)92-79(111)66(45-95)94-70(102)56(82)37-52-25-29-54(96)30-26-52/h7-15,18-23,25-32,46-48,56-66,95-97H,16-17,24,33-45,81-82H2,1-6H3,(H,83,98)(H,84,103)(H,85,99)(H,86,108)(H,87,105)(H,88,109)(H,89,110)(H,90,106)(H,91,104)(H,92,111)(H,93,107)(H,94,102)(H,100,101)(H,112,113)/t56-,57-,58-,59-,60-,61-,62-,63-,64-,65-,66-/m0/s1. The number of aliphatic hydroxyl groups is 1. The van der Waals surface area contributed by atoms with Crippen molar-refractivity contribution in [1.29, 1.82) is 0 Å². The van der Waals surface area contributed by atoms with E-state index in [1.165, 1.54) is 36.4 Å². The first-order valence-electron chi connectivity index (χ1n) is 37.5. The largest absolute Gasteiger partial charge is 0.508 e. The lowest BCUT2D eigenvalue weighted by molar-refractivity contribution is -0.142. The molecular weight excluding hydrogens is 1460 g/mol. The van der Waals surface area contributed by atoms with Gasteiger partial charge in [-0.1, -0.05) is 157 Å². The van der Waals surface area contributed by atoms with Crippen LogP contribution in [-0.4, -0.2) is 201 Å². The molecule has 0 aliphatic rings. The van der Waals surface area contributed by atoms with Gasteiger partial charge in [-0.2, -0.15) is 0 Å². The average Bonchev–Trinajstić information content (AvgIpc) is 0.851. The molecule has 0 bridgehead atoms. The minimum Gasteiger partial charge on any atom is -0.508 e. The summed E-state index contributed by atoms with van der Waals surface area (Å²) in [6.45, 7) is 8.13. The van der Waals surface area contributed by atoms with Crippen molar-refractivity contribution in [3.63, 3.8) is 0 Å². The molecule has 5 aromatic rings. The number of hydrogen-bond acceptors (Lipinski definition) is 19. The molecule has 113 heavy (non-hydrogen) atoms. The molecule has 0 fully saturated rings. The Kier molecular flexibility index (Phi) is 38.5. The molecule has 0 saturated heterocycles. The van der Waals surface area contributed by atoms with Crippen LogP contribution in [0.2, 0.25) is 0 Å². The molecule has 612 valence electrons. The molecule has 0 heterocycles. The fraction of sp³-hybridized carbons (Fsp3) is 0.450. The van der Waals surface area contributed by atoms with Crippen LogP contribution in [0, 0.1) is 17.8 Å². The third-order valence-corrected chi connectivity index (χ3v) is 17.8.